The van der Waals surface area contributed by atoms with Crippen molar-refractivity contribution in [2.24, 2.45) is 0 Å². The van der Waals surface area contributed by atoms with E-state index in [4.69, 9.17) is 9.84 Å². The molecular weight excluding hydrogens is 286 g/mol. The maximum Gasteiger partial charge on any atom is 0.264 e. The standard InChI is InChI=1S/C16H21NO3S/c1-12-10-15(21-14(12)6-3-4-8-18)16(19)17-7-5-9-20-13(2)11-17/h10,13,18H,4-5,7-9,11H2,1-2H3. The van der Waals surface area contributed by atoms with Crippen molar-refractivity contribution in [3.05, 3.63) is 21.4 Å². The van der Waals surface area contributed by atoms with E-state index in [2.05, 4.69) is 11.8 Å². The van der Waals surface area contributed by atoms with Crippen LogP contribution in [0.1, 0.15) is 39.9 Å². The molecule has 4 nitrogen and oxygen atoms in total. The van der Waals surface area contributed by atoms with E-state index in [-0.39, 0.29) is 18.6 Å². The van der Waals surface area contributed by atoms with Gasteiger partial charge in [0.25, 0.3) is 5.91 Å². The summed E-state index contributed by atoms with van der Waals surface area (Å²) in [7, 11) is 0. The van der Waals surface area contributed by atoms with E-state index in [0.29, 0.717) is 19.6 Å². The Kier molecular flexibility index (Phi) is 5.80. The molecule has 0 spiro atoms. The Morgan fingerprint density at radius 1 is 1.62 bits per heavy atom. The SMILES string of the molecule is Cc1cc(C(=O)N2CCCOC(C)C2)sc1C#CCCO. The number of thiophene rings is 1. The van der Waals surface area contributed by atoms with Gasteiger partial charge in [0.05, 0.1) is 22.5 Å². The van der Waals surface area contributed by atoms with Gasteiger partial charge in [-0.05, 0) is 31.9 Å². The number of hydrogen-bond acceptors (Lipinski definition) is 4. The van der Waals surface area contributed by atoms with Gasteiger partial charge in [-0.25, -0.2) is 0 Å². The van der Waals surface area contributed by atoms with Crippen LogP contribution in [0.25, 0.3) is 0 Å². The molecule has 1 atom stereocenters. The number of nitrogens with zero attached hydrogens (tertiary/aromatic N) is 1. The molecule has 1 aromatic heterocycles. The summed E-state index contributed by atoms with van der Waals surface area (Å²) in [5, 5.41) is 8.76. The Morgan fingerprint density at radius 2 is 2.43 bits per heavy atom. The molecule has 1 saturated heterocycles. The van der Waals surface area contributed by atoms with E-state index in [1.54, 1.807) is 0 Å². The predicted octanol–water partition coefficient (Wildman–Crippen LogP) is 2.04. The van der Waals surface area contributed by atoms with Crippen molar-refractivity contribution >= 4 is 17.2 Å². The Balaban J connectivity index is 2.12. The van der Waals surface area contributed by atoms with Crippen LogP contribution >= 0.6 is 11.3 Å². The van der Waals surface area contributed by atoms with Gasteiger partial charge < -0.3 is 14.7 Å². The van der Waals surface area contributed by atoms with Gasteiger partial charge in [0.2, 0.25) is 0 Å². The third-order valence-electron chi connectivity index (χ3n) is 3.31. The molecule has 0 radical (unpaired) electrons. The molecule has 2 rings (SSSR count). The molecule has 114 valence electrons. The number of aryl methyl sites for hydroxylation is 1. The molecule has 0 aromatic carbocycles. The largest absolute Gasteiger partial charge is 0.395 e. The van der Waals surface area contributed by atoms with E-state index in [0.717, 1.165) is 28.3 Å². The zero-order valence-corrected chi connectivity index (χ0v) is 13.3. The van der Waals surface area contributed by atoms with E-state index in [1.165, 1.54) is 11.3 Å². The zero-order valence-electron chi connectivity index (χ0n) is 12.5. The summed E-state index contributed by atoms with van der Waals surface area (Å²) >= 11 is 1.43. The third-order valence-corrected chi connectivity index (χ3v) is 4.45. The van der Waals surface area contributed by atoms with Crippen LogP contribution in [0.3, 0.4) is 0 Å². The Labute approximate surface area is 129 Å². The Morgan fingerprint density at radius 3 is 3.19 bits per heavy atom. The lowest BCUT2D eigenvalue weighted by Gasteiger charge is -2.21. The second-order valence-corrected chi connectivity index (χ2v) is 6.24. The fraction of sp³-hybridized carbons (Fsp3) is 0.562. The number of rotatable bonds is 2. The maximum atomic E-state index is 12.6. The molecule has 1 unspecified atom stereocenters. The normalized spacial score (nSPS) is 18.8. The van der Waals surface area contributed by atoms with Gasteiger partial charge in [-0.15, -0.1) is 11.3 Å². The first-order valence-electron chi connectivity index (χ1n) is 7.23. The summed E-state index contributed by atoms with van der Waals surface area (Å²) < 4.78 is 5.58. The summed E-state index contributed by atoms with van der Waals surface area (Å²) in [6.07, 6.45) is 1.42. The summed E-state index contributed by atoms with van der Waals surface area (Å²) in [5.41, 5.74) is 1.02. The van der Waals surface area contributed by atoms with E-state index in [9.17, 15) is 4.79 Å². The molecule has 1 fully saturated rings. The van der Waals surface area contributed by atoms with E-state index >= 15 is 0 Å². The zero-order chi connectivity index (χ0) is 15.2. The third kappa shape index (κ3) is 4.31. The van der Waals surface area contributed by atoms with Crippen molar-refractivity contribution < 1.29 is 14.6 Å². The van der Waals surface area contributed by atoms with Crippen LogP contribution in [-0.2, 0) is 4.74 Å². The first kappa shape index (κ1) is 16.0. The van der Waals surface area contributed by atoms with Gasteiger partial charge in [0.15, 0.2) is 0 Å². The molecule has 0 saturated carbocycles. The lowest BCUT2D eigenvalue weighted by atomic mass is 10.2. The molecule has 0 aliphatic carbocycles. The second-order valence-electron chi connectivity index (χ2n) is 5.18. The average Bonchev–Trinajstić information content (AvgIpc) is 2.69. The number of hydrogen-bond donors (Lipinski definition) is 1. The molecule has 5 heteroatoms. The molecule has 1 N–H and O–H groups in total. The number of aliphatic hydroxyl groups is 1. The lowest BCUT2D eigenvalue weighted by Crippen LogP contribution is -2.35. The van der Waals surface area contributed by atoms with Crippen molar-refractivity contribution in [3.63, 3.8) is 0 Å². The Bertz CT molecular complexity index is 556. The second kappa shape index (κ2) is 7.60. The minimum absolute atomic E-state index is 0.0644. The first-order chi connectivity index (χ1) is 10.1. The summed E-state index contributed by atoms with van der Waals surface area (Å²) in [6.45, 7) is 6.12. The molecule has 1 aliphatic rings. The number of carbonyl (C=O) groups is 1. The highest BCUT2D eigenvalue weighted by molar-refractivity contribution is 7.14. The fourth-order valence-electron chi connectivity index (χ4n) is 2.24. The average molecular weight is 307 g/mol. The monoisotopic (exact) mass is 307 g/mol. The molecule has 2 heterocycles. The smallest absolute Gasteiger partial charge is 0.264 e. The highest BCUT2D eigenvalue weighted by Crippen LogP contribution is 2.23. The van der Waals surface area contributed by atoms with Crippen molar-refractivity contribution in [1.82, 2.24) is 4.90 Å². The molecule has 0 bridgehead atoms. The van der Waals surface area contributed by atoms with Gasteiger partial charge in [-0.3, -0.25) is 4.79 Å². The minimum atomic E-state index is 0.0644. The number of carbonyl (C=O) groups excluding carboxylic acids is 1. The van der Waals surface area contributed by atoms with E-state index < -0.39 is 0 Å². The summed E-state index contributed by atoms with van der Waals surface area (Å²) in [5.74, 6) is 6.00. The van der Waals surface area contributed by atoms with Crippen LogP contribution in [-0.4, -0.2) is 48.3 Å². The molecule has 1 aliphatic heterocycles. The van der Waals surface area contributed by atoms with Crippen LogP contribution < -0.4 is 0 Å². The highest BCUT2D eigenvalue weighted by Gasteiger charge is 2.22. The van der Waals surface area contributed by atoms with Crippen molar-refractivity contribution in [1.29, 1.82) is 0 Å². The van der Waals surface area contributed by atoms with Gasteiger partial charge in [-0.2, -0.15) is 0 Å². The summed E-state index contributed by atoms with van der Waals surface area (Å²) in [6, 6.07) is 1.91. The van der Waals surface area contributed by atoms with Gasteiger partial charge in [0, 0.05) is 26.1 Å². The Hall–Kier alpha value is -1.35. The predicted molar refractivity (Wildman–Crippen MR) is 83.6 cm³/mol. The van der Waals surface area contributed by atoms with Gasteiger partial charge in [-0.1, -0.05) is 11.8 Å². The minimum Gasteiger partial charge on any atom is -0.395 e. The topological polar surface area (TPSA) is 49.8 Å². The van der Waals surface area contributed by atoms with Crippen LogP contribution in [0.4, 0.5) is 0 Å². The van der Waals surface area contributed by atoms with E-state index in [1.807, 2.05) is 24.8 Å². The quantitative estimate of drug-likeness (QED) is 0.851. The van der Waals surface area contributed by atoms with Gasteiger partial charge >= 0.3 is 0 Å². The highest BCUT2D eigenvalue weighted by atomic mass is 32.1. The van der Waals surface area contributed by atoms with Crippen molar-refractivity contribution in [3.8, 4) is 11.8 Å². The number of ether oxygens (including phenoxy) is 1. The lowest BCUT2D eigenvalue weighted by molar-refractivity contribution is 0.0565. The molecule has 1 amide bonds. The number of amides is 1. The van der Waals surface area contributed by atoms with Crippen molar-refractivity contribution in [2.45, 2.75) is 32.8 Å². The van der Waals surface area contributed by atoms with Gasteiger partial charge in [0.1, 0.15) is 0 Å². The maximum absolute atomic E-state index is 12.6. The van der Waals surface area contributed by atoms with Crippen LogP contribution in [0.2, 0.25) is 0 Å². The van der Waals surface area contributed by atoms with Crippen LogP contribution in [0.5, 0.6) is 0 Å². The summed E-state index contributed by atoms with van der Waals surface area (Å²) in [4.78, 5) is 16.1. The van der Waals surface area contributed by atoms with Crippen molar-refractivity contribution in [2.75, 3.05) is 26.3 Å². The molecular formula is C16H21NO3S. The molecule has 21 heavy (non-hydrogen) atoms. The van der Waals surface area contributed by atoms with Crippen LogP contribution in [0.15, 0.2) is 6.07 Å². The van der Waals surface area contributed by atoms with Crippen LogP contribution in [0, 0.1) is 18.8 Å². The molecule has 1 aromatic rings. The fourth-order valence-corrected chi connectivity index (χ4v) is 3.26. The first-order valence-corrected chi connectivity index (χ1v) is 8.04. The number of aliphatic hydroxyl groups excluding tert-OH is 1.